The van der Waals surface area contributed by atoms with Crippen molar-refractivity contribution in [2.75, 3.05) is 32.7 Å². The predicted molar refractivity (Wildman–Crippen MR) is 138 cm³/mol. The summed E-state index contributed by atoms with van der Waals surface area (Å²) in [7, 11) is 0. The van der Waals surface area contributed by atoms with Crippen molar-refractivity contribution < 1.29 is 4.79 Å². The highest BCUT2D eigenvalue weighted by atomic mass is 32.1. The van der Waals surface area contributed by atoms with Gasteiger partial charge in [-0.25, -0.2) is 0 Å². The number of benzene rings is 1. The van der Waals surface area contributed by atoms with Gasteiger partial charge in [-0.2, -0.15) is 0 Å². The number of likely N-dealkylation sites (tertiary alicyclic amines) is 1. The maximum Gasteiger partial charge on any atom is 0.223 e. The summed E-state index contributed by atoms with van der Waals surface area (Å²) in [6.45, 7) is 7.40. The number of pyridine rings is 1. The Kier molecular flexibility index (Phi) is 5.79. The fourth-order valence-corrected chi connectivity index (χ4v) is 6.61. The molecule has 6 heteroatoms. The number of aromatic nitrogens is 1. The van der Waals surface area contributed by atoms with Crippen LogP contribution in [0.2, 0.25) is 0 Å². The van der Waals surface area contributed by atoms with E-state index in [1.54, 1.807) is 0 Å². The van der Waals surface area contributed by atoms with Crippen LogP contribution in [0.3, 0.4) is 0 Å². The molecule has 1 saturated heterocycles. The molecule has 0 unspecified atom stereocenters. The van der Waals surface area contributed by atoms with Gasteiger partial charge in [0, 0.05) is 54.8 Å². The maximum absolute atomic E-state index is 13.3. The second-order valence-electron chi connectivity index (χ2n) is 9.85. The number of carbonyl (C=O) groups is 1. The Balaban J connectivity index is 1.07. The van der Waals surface area contributed by atoms with Crippen LogP contribution in [0.4, 0.5) is 0 Å². The van der Waals surface area contributed by atoms with E-state index in [4.69, 9.17) is 4.99 Å². The molecule has 1 atom stereocenters. The van der Waals surface area contributed by atoms with Crippen molar-refractivity contribution in [1.29, 1.82) is 0 Å². The quantitative estimate of drug-likeness (QED) is 0.536. The summed E-state index contributed by atoms with van der Waals surface area (Å²) in [5, 5.41) is 3.68. The topological polar surface area (TPSA) is 48.8 Å². The van der Waals surface area contributed by atoms with Gasteiger partial charge in [0.2, 0.25) is 5.91 Å². The Labute approximate surface area is 204 Å². The van der Waals surface area contributed by atoms with Gasteiger partial charge in [-0.15, -0.1) is 11.3 Å². The lowest BCUT2D eigenvalue weighted by atomic mass is 9.94. The van der Waals surface area contributed by atoms with E-state index in [9.17, 15) is 4.79 Å². The van der Waals surface area contributed by atoms with Crippen LogP contribution in [-0.4, -0.2) is 59.1 Å². The van der Waals surface area contributed by atoms with E-state index < -0.39 is 0 Å². The second kappa shape index (κ2) is 9.08. The molecule has 5 nitrogen and oxygen atoms in total. The minimum Gasteiger partial charge on any atom is -0.338 e. The number of aryl methyl sites for hydroxylation is 1. The number of aliphatic imine (C=N–C) groups is 1. The summed E-state index contributed by atoms with van der Waals surface area (Å²) in [6.07, 6.45) is 4.56. The highest BCUT2D eigenvalue weighted by Crippen LogP contribution is 2.31. The van der Waals surface area contributed by atoms with Gasteiger partial charge in [-0.05, 0) is 77.9 Å². The SMILES string of the molecule is Cc1cc(C2=NCC3=C2CN(C(=O)C[C@@H]2CCN(Cc4csc5ccccc45)C2)CC3)ccn1. The number of nitrogens with zero attached hydrogens (tertiary/aromatic N) is 4. The predicted octanol–water partition coefficient (Wildman–Crippen LogP) is 4.85. The van der Waals surface area contributed by atoms with E-state index in [1.165, 1.54) is 26.8 Å². The summed E-state index contributed by atoms with van der Waals surface area (Å²) < 4.78 is 1.36. The molecule has 3 aromatic rings. The Morgan fingerprint density at radius 2 is 2.12 bits per heavy atom. The van der Waals surface area contributed by atoms with E-state index in [0.29, 0.717) is 24.8 Å². The smallest absolute Gasteiger partial charge is 0.223 e. The van der Waals surface area contributed by atoms with Gasteiger partial charge in [0.15, 0.2) is 0 Å². The first-order valence-electron chi connectivity index (χ1n) is 12.3. The summed E-state index contributed by atoms with van der Waals surface area (Å²) >= 11 is 1.83. The van der Waals surface area contributed by atoms with E-state index in [-0.39, 0.29) is 0 Å². The molecular formula is C28H30N4OS. The van der Waals surface area contributed by atoms with Crippen LogP contribution < -0.4 is 0 Å². The summed E-state index contributed by atoms with van der Waals surface area (Å²) in [4.78, 5) is 27.0. The molecule has 3 aliphatic rings. The van der Waals surface area contributed by atoms with Gasteiger partial charge in [-0.3, -0.25) is 19.7 Å². The van der Waals surface area contributed by atoms with E-state index in [0.717, 1.165) is 62.5 Å². The van der Waals surface area contributed by atoms with Gasteiger partial charge in [0.05, 0.1) is 12.3 Å². The molecule has 0 bridgehead atoms. The summed E-state index contributed by atoms with van der Waals surface area (Å²) in [5.74, 6) is 0.754. The molecule has 0 spiro atoms. The molecule has 0 N–H and O–H groups in total. The molecule has 3 aliphatic heterocycles. The van der Waals surface area contributed by atoms with Crippen LogP contribution in [0.5, 0.6) is 0 Å². The number of fused-ring (bicyclic) bond motifs is 1. The zero-order valence-electron chi connectivity index (χ0n) is 19.7. The largest absolute Gasteiger partial charge is 0.338 e. The lowest BCUT2D eigenvalue weighted by Crippen LogP contribution is -2.39. The lowest BCUT2D eigenvalue weighted by molar-refractivity contribution is -0.131. The fourth-order valence-electron chi connectivity index (χ4n) is 5.66. The molecule has 6 rings (SSSR count). The Morgan fingerprint density at radius 3 is 3.03 bits per heavy atom. The van der Waals surface area contributed by atoms with Crippen molar-refractivity contribution in [2.24, 2.45) is 10.9 Å². The summed E-state index contributed by atoms with van der Waals surface area (Å²) in [5.41, 5.74) is 7.28. The molecule has 34 heavy (non-hydrogen) atoms. The van der Waals surface area contributed by atoms with Gasteiger partial charge in [0.25, 0.3) is 0 Å². The highest BCUT2D eigenvalue weighted by Gasteiger charge is 2.31. The minimum absolute atomic E-state index is 0.302. The van der Waals surface area contributed by atoms with E-state index in [2.05, 4.69) is 50.5 Å². The minimum atomic E-state index is 0.302. The number of hydrogen-bond acceptors (Lipinski definition) is 5. The van der Waals surface area contributed by atoms with Crippen LogP contribution in [-0.2, 0) is 11.3 Å². The Hall–Kier alpha value is -2.83. The highest BCUT2D eigenvalue weighted by molar-refractivity contribution is 7.17. The molecule has 5 heterocycles. The van der Waals surface area contributed by atoms with Gasteiger partial charge < -0.3 is 4.90 Å². The zero-order chi connectivity index (χ0) is 23.1. The number of hydrogen-bond donors (Lipinski definition) is 0. The first-order valence-corrected chi connectivity index (χ1v) is 13.2. The Bertz CT molecular complexity index is 1310. The fraction of sp³-hybridized carbons (Fsp3) is 0.393. The first kappa shape index (κ1) is 21.7. The number of amides is 1. The second-order valence-corrected chi connectivity index (χ2v) is 10.8. The third-order valence-corrected chi connectivity index (χ3v) is 8.50. The van der Waals surface area contributed by atoms with Crippen molar-refractivity contribution in [1.82, 2.24) is 14.8 Å². The van der Waals surface area contributed by atoms with Crippen molar-refractivity contribution in [3.8, 4) is 0 Å². The van der Waals surface area contributed by atoms with Crippen LogP contribution in [0, 0.1) is 12.8 Å². The number of rotatable bonds is 5. The average molecular weight is 471 g/mol. The zero-order valence-corrected chi connectivity index (χ0v) is 20.5. The summed E-state index contributed by atoms with van der Waals surface area (Å²) in [6, 6.07) is 12.8. The van der Waals surface area contributed by atoms with Crippen molar-refractivity contribution in [2.45, 2.75) is 32.7 Å². The molecular weight excluding hydrogens is 440 g/mol. The molecule has 0 saturated carbocycles. The number of thiophene rings is 1. The Morgan fingerprint density at radius 1 is 1.21 bits per heavy atom. The van der Waals surface area contributed by atoms with Gasteiger partial charge >= 0.3 is 0 Å². The van der Waals surface area contributed by atoms with Crippen LogP contribution in [0.1, 0.15) is 36.1 Å². The number of carbonyl (C=O) groups excluding carboxylic acids is 1. The monoisotopic (exact) mass is 470 g/mol. The average Bonchev–Trinajstić information content (AvgIpc) is 3.58. The van der Waals surface area contributed by atoms with E-state index in [1.807, 2.05) is 30.5 Å². The van der Waals surface area contributed by atoms with Gasteiger partial charge in [-0.1, -0.05) is 18.2 Å². The standard InChI is InChI=1S/C28H30N4OS/c1-19-12-21(6-9-29-19)28-25-17-32(11-8-22(25)14-30-28)27(33)13-20-7-10-31(15-20)16-23-18-34-26-5-3-2-4-24(23)26/h2-6,9,12,18,20H,7-8,10-11,13-17H2,1H3/t20-/m0/s1. The van der Waals surface area contributed by atoms with E-state index >= 15 is 0 Å². The lowest BCUT2D eigenvalue weighted by Gasteiger charge is -2.30. The maximum atomic E-state index is 13.3. The molecule has 0 aliphatic carbocycles. The normalized spacial score (nSPS) is 20.8. The molecule has 174 valence electrons. The van der Waals surface area contributed by atoms with Crippen LogP contribution in [0.25, 0.3) is 10.1 Å². The van der Waals surface area contributed by atoms with Crippen molar-refractivity contribution in [3.63, 3.8) is 0 Å². The third-order valence-electron chi connectivity index (χ3n) is 7.48. The molecule has 1 amide bonds. The van der Waals surface area contributed by atoms with Crippen LogP contribution in [0.15, 0.2) is 64.1 Å². The molecule has 0 radical (unpaired) electrons. The van der Waals surface area contributed by atoms with Crippen molar-refractivity contribution >= 4 is 33.0 Å². The molecule has 1 fully saturated rings. The third kappa shape index (κ3) is 4.21. The van der Waals surface area contributed by atoms with Crippen molar-refractivity contribution in [3.05, 3.63) is 75.9 Å². The first-order chi connectivity index (χ1) is 16.6. The molecule has 2 aromatic heterocycles. The van der Waals surface area contributed by atoms with Gasteiger partial charge in [0.1, 0.15) is 0 Å². The molecule has 1 aromatic carbocycles. The van der Waals surface area contributed by atoms with Crippen LogP contribution >= 0.6 is 11.3 Å².